The molecule has 0 radical (unpaired) electrons. The number of nitrogens with two attached hydrogens (primary N) is 1. The zero-order valence-corrected chi connectivity index (χ0v) is 12.2. The number of ether oxygens (including phenoxy) is 1. The Morgan fingerprint density at radius 3 is 2.56 bits per heavy atom. The highest BCUT2D eigenvalue weighted by molar-refractivity contribution is 5.85. The van der Waals surface area contributed by atoms with Crippen LogP contribution in [-0.4, -0.2) is 31.1 Å². The third kappa shape index (κ3) is 6.24. The van der Waals surface area contributed by atoms with Gasteiger partial charge in [0.2, 0.25) is 0 Å². The van der Waals surface area contributed by atoms with Crippen LogP contribution in [0, 0.1) is 0 Å². The van der Waals surface area contributed by atoms with E-state index >= 15 is 0 Å². The minimum atomic E-state index is 0. The van der Waals surface area contributed by atoms with E-state index in [0.29, 0.717) is 13.2 Å². The Labute approximate surface area is 117 Å². The quantitative estimate of drug-likeness (QED) is 0.740. The lowest BCUT2D eigenvalue weighted by Crippen LogP contribution is -2.22. The highest BCUT2D eigenvalue weighted by Crippen LogP contribution is 2.15. The topological polar surface area (TPSA) is 38.5 Å². The Kier molecular flexibility index (Phi) is 9.74. The van der Waals surface area contributed by atoms with E-state index < -0.39 is 0 Å². The van der Waals surface area contributed by atoms with Gasteiger partial charge in [-0.3, -0.25) is 4.90 Å². The molecule has 1 rings (SSSR count). The average molecular weight is 273 g/mol. The molecule has 0 aliphatic heterocycles. The fourth-order valence-electron chi connectivity index (χ4n) is 1.71. The van der Waals surface area contributed by atoms with Gasteiger partial charge in [0.15, 0.2) is 0 Å². The molecule has 18 heavy (non-hydrogen) atoms. The van der Waals surface area contributed by atoms with Crippen LogP contribution in [0.5, 0.6) is 5.75 Å². The molecule has 1 aromatic carbocycles. The summed E-state index contributed by atoms with van der Waals surface area (Å²) < 4.78 is 5.64. The van der Waals surface area contributed by atoms with Crippen molar-refractivity contribution in [2.45, 2.75) is 26.8 Å². The molecule has 0 atom stereocenters. The number of hydrogen-bond donors (Lipinski definition) is 1. The Hall–Kier alpha value is -0.770. The van der Waals surface area contributed by atoms with Crippen LogP contribution in [0.2, 0.25) is 0 Å². The Morgan fingerprint density at radius 2 is 1.94 bits per heavy atom. The molecular formula is C14H25ClN2O. The van der Waals surface area contributed by atoms with Crippen LogP contribution in [0.3, 0.4) is 0 Å². The number of rotatable bonds is 8. The highest BCUT2D eigenvalue weighted by atomic mass is 35.5. The van der Waals surface area contributed by atoms with Crippen molar-refractivity contribution in [3.05, 3.63) is 29.8 Å². The molecule has 4 heteroatoms. The average Bonchev–Trinajstić information content (AvgIpc) is 2.37. The van der Waals surface area contributed by atoms with Crippen LogP contribution in [-0.2, 0) is 6.54 Å². The largest absolute Gasteiger partial charge is 0.494 e. The fourth-order valence-corrected chi connectivity index (χ4v) is 1.71. The zero-order valence-electron chi connectivity index (χ0n) is 11.4. The van der Waals surface area contributed by atoms with Crippen LogP contribution in [0.4, 0.5) is 0 Å². The molecule has 0 aliphatic rings. The second-order valence-corrected chi connectivity index (χ2v) is 4.10. The molecule has 0 saturated heterocycles. The third-order valence-electron chi connectivity index (χ3n) is 2.82. The summed E-state index contributed by atoms with van der Waals surface area (Å²) in [6.07, 6.45) is 0.903. The van der Waals surface area contributed by atoms with Crippen molar-refractivity contribution in [1.82, 2.24) is 4.90 Å². The van der Waals surface area contributed by atoms with Gasteiger partial charge >= 0.3 is 0 Å². The molecule has 0 spiro atoms. The van der Waals surface area contributed by atoms with E-state index in [9.17, 15) is 0 Å². The van der Waals surface area contributed by atoms with Crippen molar-refractivity contribution in [2.24, 2.45) is 5.73 Å². The molecule has 0 aliphatic carbocycles. The van der Waals surface area contributed by atoms with Gasteiger partial charge in [0.1, 0.15) is 5.75 Å². The summed E-state index contributed by atoms with van der Waals surface area (Å²) in [6.45, 7) is 8.89. The lowest BCUT2D eigenvalue weighted by Gasteiger charge is -2.18. The van der Waals surface area contributed by atoms with Crippen molar-refractivity contribution in [3.8, 4) is 5.75 Å². The zero-order chi connectivity index (χ0) is 12.5. The summed E-state index contributed by atoms with van der Waals surface area (Å²) in [5.74, 6) is 0.947. The van der Waals surface area contributed by atoms with E-state index in [4.69, 9.17) is 10.5 Å². The van der Waals surface area contributed by atoms with Crippen LogP contribution < -0.4 is 10.5 Å². The summed E-state index contributed by atoms with van der Waals surface area (Å²) in [5, 5.41) is 0. The fraction of sp³-hybridized carbons (Fsp3) is 0.571. The van der Waals surface area contributed by atoms with Crippen molar-refractivity contribution in [3.63, 3.8) is 0 Å². The van der Waals surface area contributed by atoms with Gasteiger partial charge in [-0.05, 0) is 43.8 Å². The molecule has 0 fully saturated rings. The molecule has 0 aromatic heterocycles. The molecular weight excluding hydrogens is 248 g/mol. The summed E-state index contributed by atoms with van der Waals surface area (Å²) in [6, 6.07) is 8.32. The SMILES string of the molecule is CCN(CC)Cc1cccc(OCCCN)c1.Cl. The second-order valence-electron chi connectivity index (χ2n) is 4.10. The number of hydrogen-bond acceptors (Lipinski definition) is 3. The van der Waals surface area contributed by atoms with Crippen LogP contribution in [0.1, 0.15) is 25.8 Å². The van der Waals surface area contributed by atoms with E-state index in [1.165, 1.54) is 5.56 Å². The molecule has 0 heterocycles. The first-order valence-electron chi connectivity index (χ1n) is 6.44. The maximum Gasteiger partial charge on any atom is 0.119 e. The second kappa shape index (κ2) is 10.2. The van der Waals surface area contributed by atoms with Gasteiger partial charge in [0.25, 0.3) is 0 Å². The summed E-state index contributed by atoms with van der Waals surface area (Å²) in [7, 11) is 0. The first-order valence-corrected chi connectivity index (χ1v) is 6.44. The van der Waals surface area contributed by atoms with Crippen molar-refractivity contribution in [2.75, 3.05) is 26.2 Å². The van der Waals surface area contributed by atoms with Gasteiger partial charge in [-0.15, -0.1) is 12.4 Å². The summed E-state index contributed by atoms with van der Waals surface area (Å²) >= 11 is 0. The van der Waals surface area contributed by atoms with Crippen molar-refractivity contribution >= 4 is 12.4 Å². The van der Waals surface area contributed by atoms with Gasteiger partial charge < -0.3 is 10.5 Å². The van der Waals surface area contributed by atoms with Gasteiger partial charge in [0.05, 0.1) is 6.61 Å². The summed E-state index contributed by atoms with van der Waals surface area (Å²) in [5.41, 5.74) is 6.74. The number of halogens is 1. The first kappa shape index (κ1) is 17.2. The Morgan fingerprint density at radius 1 is 1.22 bits per heavy atom. The van der Waals surface area contributed by atoms with E-state index in [0.717, 1.165) is 31.8 Å². The molecule has 0 bridgehead atoms. The molecule has 1 aromatic rings. The predicted octanol–water partition coefficient (Wildman–Crippen LogP) is 2.68. The van der Waals surface area contributed by atoms with Crippen LogP contribution in [0.25, 0.3) is 0 Å². The van der Waals surface area contributed by atoms with Crippen molar-refractivity contribution < 1.29 is 4.74 Å². The van der Waals surface area contributed by atoms with E-state index in [1.54, 1.807) is 0 Å². The van der Waals surface area contributed by atoms with Crippen LogP contribution >= 0.6 is 12.4 Å². The Balaban J connectivity index is 0.00000289. The minimum Gasteiger partial charge on any atom is -0.494 e. The van der Waals surface area contributed by atoms with E-state index in [2.05, 4.69) is 36.9 Å². The molecule has 0 saturated carbocycles. The monoisotopic (exact) mass is 272 g/mol. The lowest BCUT2D eigenvalue weighted by molar-refractivity contribution is 0.292. The molecule has 2 N–H and O–H groups in total. The van der Waals surface area contributed by atoms with Gasteiger partial charge in [-0.25, -0.2) is 0 Å². The summed E-state index contributed by atoms with van der Waals surface area (Å²) in [4.78, 5) is 2.39. The first-order chi connectivity index (χ1) is 8.30. The van der Waals surface area contributed by atoms with Gasteiger partial charge in [0, 0.05) is 6.54 Å². The smallest absolute Gasteiger partial charge is 0.119 e. The molecule has 0 unspecified atom stereocenters. The highest BCUT2D eigenvalue weighted by Gasteiger charge is 2.02. The van der Waals surface area contributed by atoms with E-state index in [-0.39, 0.29) is 12.4 Å². The van der Waals surface area contributed by atoms with Gasteiger partial charge in [-0.2, -0.15) is 0 Å². The van der Waals surface area contributed by atoms with Gasteiger partial charge in [-0.1, -0.05) is 26.0 Å². The Bertz CT molecular complexity index is 316. The van der Waals surface area contributed by atoms with Crippen LogP contribution in [0.15, 0.2) is 24.3 Å². The standard InChI is InChI=1S/C14H24N2O.ClH/c1-3-16(4-2)12-13-7-5-8-14(11-13)17-10-6-9-15;/h5,7-8,11H,3-4,6,9-10,12,15H2,1-2H3;1H. The predicted molar refractivity (Wildman–Crippen MR) is 79.5 cm³/mol. The maximum atomic E-state index is 5.64. The molecule has 3 nitrogen and oxygen atoms in total. The normalized spacial score (nSPS) is 10.2. The molecule has 0 amide bonds. The minimum absolute atomic E-state index is 0. The number of benzene rings is 1. The molecule has 104 valence electrons. The lowest BCUT2D eigenvalue weighted by atomic mass is 10.2. The van der Waals surface area contributed by atoms with Crippen molar-refractivity contribution in [1.29, 1.82) is 0 Å². The maximum absolute atomic E-state index is 5.64. The van der Waals surface area contributed by atoms with E-state index in [1.807, 2.05) is 6.07 Å². The third-order valence-corrected chi connectivity index (χ3v) is 2.82. The number of nitrogens with zero attached hydrogens (tertiary/aromatic N) is 1.